The first-order valence-electron chi connectivity index (χ1n) is 4.28. The summed E-state index contributed by atoms with van der Waals surface area (Å²) in [6, 6.07) is 3.83. The summed E-state index contributed by atoms with van der Waals surface area (Å²) in [6.07, 6.45) is 0.952. The normalized spacial score (nSPS) is 9.92. The number of rotatable bonds is 5. The lowest BCUT2D eigenvalue weighted by Gasteiger charge is -1.95. The summed E-state index contributed by atoms with van der Waals surface area (Å²) in [5.74, 6) is 0.0517. The molecule has 3 heteroatoms. The maximum absolute atomic E-state index is 11.3. The van der Waals surface area contributed by atoms with Gasteiger partial charge in [-0.3, -0.25) is 9.59 Å². The molecule has 0 aromatic carbocycles. The Morgan fingerprint density at radius 2 is 2.15 bits per heavy atom. The van der Waals surface area contributed by atoms with Crippen LogP contribution in [0.3, 0.4) is 0 Å². The van der Waals surface area contributed by atoms with E-state index in [0.29, 0.717) is 12.8 Å². The Bertz CT molecular complexity index is 288. The highest BCUT2D eigenvalue weighted by Crippen LogP contribution is 2.10. The lowest BCUT2D eigenvalue weighted by molar-refractivity contribution is -0.126. The van der Waals surface area contributed by atoms with Gasteiger partial charge in [0, 0.05) is 17.7 Å². The Hall–Kier alpha value is -0.960. The van der Waals surface area contributed by atoms with Gasteiger partial charge in [0.2, 0.25) is 0 Å². The highest BCUT2D eigenvalue weighted by molar-refractivity contribution is 7.10. The average Bonchev–Trinajstić information content (AvgIpc) is 2.56. The third kappa shape index (κ3) is 3.51. The molecule has 0 radical (unpaired) electrons. The second kappa shape index (κ2) is 4.92. The van der Waals surface area contributed by atoms with E-state index in [1.807, 2.05) is 17.5 Å². The summed E-state index contributed by atoms with van der Waals surface area (Å²) in [7, 11) is 0. The second-order valence-corrected chi connectivity index (χ2v) is 3.90. The summed E-state index contributed by atoms with van der Waals surface area (Å²) in [4.78, 5) is 23.2. The molecule has 1 aromatic rings. The van der Waals surface area contributed by atoms with Crippen molar-refractivity contribution in [1.29, 1.82) is 0 Å². The van der Waals surface area contributed by atoms with Crippen molar-refractivity contribution in [2.45, 2.75) is 26.2 Å². The van der Waals surface area contributed by atoms with Gasteiger partial charge in [-0.25, -0.2) is 0 Å². The number of Topliss-reactive ketones (excluding diaryl/α,β-unsaturated/α-hetero) is 2. The molecule has 0 aliphatic carbocycles. The van der Waals surface area contributed by atoms with Crippen LogP contribution in [0.2, 0.25) is 0 Å². The molecule has 13 heavy (non-hydrogen) atoms. The van der Waals surface area contributed by atoms with Crippen molar-refractivity contribution in [3.8, 4) is 0 Å². The first-order chi connectivity index (χ1) is 6.22. The quantitative estimate of drug-likeness (QED) is 0.677. The van der Waals surface area contributed by atoms with Gasteiger partial charge in [-0.1, -0.05) is 13.0 Å². The average molecular weight is 196 g/mol. The van der Waals surface area contributed by atoms with Crippen LogP contribution in [-0.2, 0) is 16.0 Å². The van der Waals surface area contributed by atoms with Crippen LogP contribution in [0.5, 0.6) is 0 Å². The summed E-state index contributed by atoms with van der Waals surface area (Å²) in [6.45, 7) is 1.78. The van der Waals surface area contributed by atoms with Crippen LogP contribution in [0.1, 0.15) is 24.6 Å². The zero-order valence-corrected chi connectivity index (χ0v) is 8.39. The van der Waals surface area contributed by atoms with Crippen LogP contribution < -0.4 is 0 Å². The van der Waals surface area contributed by atoms with E-state index in [2.05, 4.69) is 0 Å². The van der Waals surface area contributed by atoms with Crippen molar-refractivity contribution in [2.75, 3.05) is 0 Å². The SMILES string of the molecule is CCC(=O)CC(=O)Cc1cccs1. The number of carbonyl (C=O) groups is 2. The van der Waals surface area contributed by atoms with Crippen LogP contribution in [-0.4, -0.2) is 11.6 Å². The second-order valence-electron chi connectivity index (χ2n) is 2.86. The standard InChI is InChI=1S/C10H12O2S/c1-2-8(11)6-9(12)7-10-4-3-5-13-10/h3-5H,2,6-7H2,1H3. The number of carbonyl (C=O) groups excluding carboxylic acids is 2. The van der Waals surface area contributed by atoms with E-state index < -0.39 is 0 Å². The first kappa shape index (κ1) is 10.1. The fraction of sp³-hybridized carbons (Fsp3) is 0.400. The summed E-state index contributed by atoms with van der Waals surface area (Å²) < 4.78 is 0. The lowest BCUT2D eigenvalue weighted by Crippen LogP contribution is -2.08. The van der Waals surface area contributed by atoms with Gasteiger partial charge < -0.3 is 0 Å². The molecule has 0 bridgehead atoms. The molecule has 1 rings (SSSR count). The van der Waals surface area contributed by atoms with Crippen molar-refractivity contribution in [2.24, 2.45) is 0 Å². The van der Waals surface area contributed by atoms with Crippen molar-refractivity contribution >= 4 is 22.9 Å². The van der Waals surface area contributed by atoms with E-state index >= 15 is 0 Å². The Morgan fingerprint density at radius 1 is 1.38 bits per heavy atom. The fourth-order valence-corrected chi connectivity index (χ4v) is 1.75. The molecule has 0 saturated heterocycles. The van der Waals surface area contributed by atoms with Gasteiger partial charge in [0.1, 0.15) is 11.6 Å². The minimum atomic E-state index is 0.0225. The zero-order valence-electron chi connectivity index (χ0n) is 7.58. The molecule has 0 atom stereocenters. The van der Waals surface area contributed by atoms with Crippen molar-refractivity contribution in [3.63, 3.8) is 0 Å². The monoisotopic (exact) mass is 196 g/mol. The van der Waals surface area contributed by atoms with E-state index in [1.54, 1.807) is 18.3 Å². The molecule has 0 fully saturated rings. The molecule has 1 heterocycles. The smallest absolute Gasteiger partial charge is 0.145 e. The third-order valence-corrected chi connectivity index (χ3v) is 2.62. The number of hydrogen-bond acceptors (Lipinski definition) is 3. The van der Waals surface area contributed by atoms with Gasteiger partial charge in [-0.05, 0) is 11.4 Å². The largest absolute Gasteiger partial charge is 0.299 e. The van der Waals surface area contributed by atoms with Gasteiger partial charge >= 0.3 is 0 Å². The topological polar surface area (TPSA) is 34.1 Å². The molecule has 0 unspecified atom stereocenters. The number of thiophene rings is 1. The van der Waals surface area contributed by atoms with Crippen molar-refractivity contribution in [1.82, 2.24) is 0 Å². The van der Waals surface area contributed by atoms with Crippen LogP contribution >= 0.6 is 11.3 Å². The summed E-state index contributed by atoms with van der Waals surface area (Å²) in [5, 5.41) is 1.93. The maximum Gasteiger partial charge on any atom is 0.145 e. The molecular weight excluding hydrogens is 184 g/mol. The molecule has 0 amide bonds. The van der Waals surface area contributed by atoms with E-state index in [0.717, 1.165) is 4.88 Å². The lowest BCUT2D eigenvalue weighted by atomic mass is 10.1. The molecule has 0 aliphatic rings. The highest BCUT2D eigenvalue weighted by Gasteiger charge is 2.08. The van der Waals surface area contributed by atoms with Gasteiger partial charge in [0.05, 0.1) is 6.42 Å². The molecule has 0 spiro atoms. The predicted octanol–water partition coefficient (Wildman–Crippen LogP) is 2.23. The summed E-state index contributed by atoms with van der Waals surface area (Å²) in [5.41, 5.74) is 0. The van der Waals surface area contributed by atoms with E-state index in [9.17, 15) is 9.59 Å². The highest BCUT2D eigenvalue weighted by atomic mass is 32.1. The van der Waals surface area contributed by atoms with E-state index in [1.165, 1.54) is 0 Å². The van der Waals surface area contributed by atoms with Gasteiger partial charge in [-0.15, -0.1) is 11.3 Å². The molecule has 0 saturated carbocycles. The van der Waals surface area contributed by atoms with Crippen LogP contribution in [0.4, 0.5) is 0 Å². The van der Waals surface area contributed by atoms with Crippen LogP contribution in [0, 0.1) is 0 Å². The maximum atomic E-state index is 11.3. The van der Waals surface area contributed by atoms with Gasteiger partial charge in [0.15, 0.2) is 0 Å². The van der Waals surface area contributed by atoms with Gasteiger partial charge in [0.25, 0.3) is 0 Å². The Morgan fingerprint density at radius 3 is 2.69 bits per heavy atom. The Kier molecular flexibility index (Phi) is 3.83. The number of hydrogen-bond donors (Lipinski definition) is 0. The molecule has 0 N–H and O–H groups in total. The fourth-order valence-electron chi connectivity index (χ4n) is 1.01. The molecule has 2 nitrogen and oxygen atoms in total. The minimum Gasteiger partial charge on any atom is -0.299 e. The van der Waals surface area contributed by atoms with Gasteiger partial charge in [-0.2, -0.15) is 0 Å². The molecule has 1 aromatic heterocycles. The minimum absolute atomic E-state index is 0.0225. The van der Waals surface area contributed by atoms with E-state index in [4.69, 9.17) is 0 Å². The van der Waals surface area contributed by atoms with E-state index in [-0.39, 0.29) is 18.0 Å². The van der Waals surface area contributed by atoms with Crippen LogP contribution in [0.25, 0.3) is 0 Å². The first-order valence-corrected chi connectivity index (χ1v) is 5.16. The Labute approximate surface area is 81.6 Å². The van der Waals surface area contributed by atoms with Crippen molar-refractivity contribution in [3.05, 3.63) is 22.4 Å². The third-order valence-electron chi connectivity index (χ3n) is 1.74. The zero-order chi connectivity index (χ0) is 9.68. The molecule has 0 aliphatic heterocycles. The van der Waals surface area contributed by atoms with Crippen LogP contribution in [0.15, 0.2) is 17.5 Å². The van der Waals surface area contributed by atoms with Crippen molar-refractivity contribution < 1.29 is 9.59 Å². The Balaban J connectivity index is 2.38. The number of ketones is 2. The molecule has 70 valence electrons. The predicted molar refractivity (Wildman–Crippen MR) is 52.9 cm³/mol. The molecular formula is C10H12O2S. The summed E-state index contributed by atoms with van der Waals surface area (Å²) >= 11 is 1.55.